The molecule has 124 valence electrons. The molecule has 0 aromatic carbocycles. The van der Waals surface area contributed by atoms with E-state index in [0.717, 1.165) is 5.56 Å². The van der Waals surface area contributed by atoms with Gasteiger partial charge in [0.15, 0.2) is 6.23 Å². The number of aryl methyl sites for hydroxylation is 1. The monoisotopic (exact) mass is 339 g/mol. The van der Waals surface area contributed by atoms with Crippen LogP contribution in [0.4, 0.5) is 0 Å². The van der Waals surface area contributed by atoms with Crippen molar-refractivity contribution < 1.29 is 20.1 Å². The van der Waals surface area contributed by atoms with E-state index in [-0.39, 0.29) is 10.3 Å². The van der Waals surface area contributed by atoms with E-state index in [1.54, 1.807) is 20.0 Å². The van der Waals surface area contributed by atoms with Crippen LogP contribution in [0, 0.1) is 18.6 Å². The fraction of sp³-hybridized carbons (Fsp3) is 0.500. The molecule has 0 saturated carbocycles. The average molecular weight is 339 g/mol. The fourth-order valence-electron chi connectivity index (χ4n) is 2.70. The SMILES string of the molecule is Cc1c(C)c2cn([C@@H]3O[C@H](CO)C(O)C3O)c(=S)nc2[nH]c1=O. The second-order valence-electron chi connectivity index (χ2n) is 5.63. The van der Waals surface area contributed by atoms with Crippen LogP contribution in [0.2, 0.25) is 0 Å². The lowest BCUT2D eigenvalue weighted by Crippen LogP contribution is -2.33. The summed E-state index contributed by atoms with van der Waals surface area (Å²) in [5, 5.41) is 29.9. The molecule has 0 aliphatic carbocycles. The van der Waals surface area contributed by atoms with Crippen LogP contribution in [0.25, 0.3) is 11.0 Å². The third-order valence-electron chi connectivity index (χ3n) is 4.28. The molecule has 1 aliphatic rings. The summed E-state index contributed by atoms with van der Waals surface area (Å²) in [5.41, 5.74) is 1.42. The number of aromatic nitrogens is 3. The second kappa shape index (κ2) is 5.77. The van der Waals surface area contributed by atoms with Crippen molar-refractivity contribution in [2.45, 2.75) is 38.4 Å². The number of rotatable bonds is 2. The van der Waals surface area contributed by atoms with E-state index in [2.05, 4.69) is 9.97 Å². The van der Waals surface area contributed by atoms with Gasteiger partial charge in [-0.3, -0.25) is 9.36 Å². The lowest BCUT2D eigenvalue weighted by atomic mass is 10.1. The summed E-state index contributed by atoms with van der Waals surface area (Å²) in [4.78, 5) is 18.7. The lowest BCUT2D eigenvalue weighted by Gasteiger charge is -2.19. The Kier molecular flexibility index (Phi) is 4.07. The molecule has 0 radical (unpaired) electrons. The van der Waals surface area contributed by atoms with Gasteiger partial charge in [0.1, 0.15) is 24.0 Å². The first-order chi connectivity index (χ1) is 10.8. The van der Waals surface area contributed by atoms with Crippen molar-refractivity contribution in [3.8, 4) is 0 Å². The molecule has 3 heterocycles. The molecule has 23 heavy (non-hydrogen) atoms. The number of aromatic amines is 1. The Labute approximate surface area is 136 Å². The van der Waals surface area contributed by atoms with Crippen LogP contribution in [0.3, 0.4) is 0 Å². The van der Waals surface area contributed by atoms with Crippen LogP contribution in [-0.2, 0) is 4.74 Å². The highest BCUT2D eigenvalue weighted by molar-refractivity contribution is 7.71. The van der Waals surface area contributed by atoms with Crippen LogP contribution in [0.1, 0.15) is 17.4 Å². The maximum Gasteiger partial charge on any atom is 0.252 e. The van der Waals surface area contributed by atoms with E-state index in [1.165, 1.54) is 4.57 Å². The number of aliphatic hydroxyl groups is 3. The number of H-pyrrole nitrogens is 1. The Hall–Kier alpha value is -1.65. The zero-order valence-corrected chi connectivity index (χ0v) is 13.4. The molecule has 4 N–H and O–H groups in total. The minimum atomic E-state index is -1.25. The quantitative estimate of drug-likeness (QED) is 0.554. The Morgan fingerprint density at radius 3 is 2.65 bits per heavy atom. The van der Waals surface area contributed by atoms with Gasteiger partial charge in [0.2, 0.25) is 4.77 Å². The Morgan fingerprint density at radius 2 is 2.04 bits per heavy atom. The maximum atomic E-state index is 11.8. The molecule has 2 aromatic heterocycles. The minimum absolute atomic E-state index is 0.0891. The van der Waals surface area contributed by atoms with Gasteiger partial charge in [-0.1, -0.05) is 0 Å². The summed E-state index contributed by atoms with van der Waals surface area (Å²) in [6.45, 7) is 3.07. The normalized spacial score (nSPS) is 27.7. The van der Waals surface area contributed by atoms with Gasteiger partial charge >= 0.3 is 0 Å². The molecule has 4 atom stereocenters. The summed E-state index contributed by atoms with van der Waals surface area (Å²) >= 11 is 5.20. The largest absolute Gasteiger partial charge is 0.394 e. The molecule has 1 aliphatic heterocycles. The van der Waals surface area contributed by atoms with Crippen LogP contribution >= 0.6 is 12.2 Å². The molecule has 8 nitrogen and oxygen atoms in total. The number of aliphatic hydroxyl groups excluding tert-OH is 3. The fourth-order valence-corrected chi connectivity index (χ4v) is 2.95. The van der Waals surface area contributed by atoms with E-state index < -0.39 is 31.1 Å². The van der Waals surface area contributed by atoms with Gasteiger partial charge in [0.25, 0.3) is 5.56 Å². The smallest absolute Gasteiger partial charge is 0.252 e. The molecule has 2 unspecified atom stereocenters. The van der Waals surface area contributed by atoms with Crippen molar-refractivity contribution in [3.63, 3.8) is 0 Å². The molecule has 1 saturated heterocycles. The van der Waals surface area contributed by atoms with Gasteiger partial charge in [-0.05, 0) is 31.6 Å². The molecule has 1 fully saturated rings. The van der Waals surface area contributed by atoms with Crippen LogP contribution in [0.5, 0.6) is 0 Å². The topological polar surface area (TPSA) is 121 Å². The molecule has 0 spiro atoms. The van der Waals surface area contributed by atoms with Gasteiger partial charge in [0, 0.05) is 17.1 Å². The highest BCUT2D eigenvalue weighted by Crippen LogP contribution is 2.30. The number of nitrogens with zero attached hydrogens (tertiary/aromatic N) is 2. The van der Waals surface area contributed by atoms with Crippen LogP contribution in [0.15, 0.2) is 11.0 Å². The van der Waals surface area contributed by atoms with Gasteiger partial charge in [0.05, 0.1) is 6.61 Å². The first-order valence-corrected chi connectivity index (χ1v) is 7.50. The summed E-state index contributed by atoms with van der Waals surface area (Å²) in [5.74, 6) is 0. The van der Waals surface area contributed by atoms with Crippen molar-refractivity contribution in [2.24, 2.45) is 0 Å². The van der Waals surface area contributed by atoms with Crippen LogP contribution < -0.4 is 5.56 Å². The highest BCUT2D eigenvalue weighted by Gasteiger charge is 2.43. The summed E-state index contributed by atoms with van der Waals surface area (Å²) in [7, 11) is 0. The van der Waals surface area contributed by atoms with Crippen LogP contribution in [-0.4, -0.2) is 54.8 Å². The average Bonchev–Trinajstić information content (AvgIpc) is 2.80. The third kappa shape index (κ3) is 2.50. The van der Waals surface area contributed by atoms with Crippen molar-refractivity contribution in [3.05, 3.63) is 32.4 Å². The first kappa shape index (κ1) is 16.2. The lowest BCUT2D eigenvalue weighted by molar-refractivity contribution is -0.0538. The van der Waals surface area contributed by atoms with E-state index >= 15 is 0 Å². The number of pyridine rings is 1. The number of ether oxygens (including phenoxy) is 1. The molecule has 0 bridgehead atoms. The summed E-state index contributed by atoms with van der Waals surface area (Å²) in [6.07, 6.45) is -2.70. The molecular formula is C14H17N3O5S. The number of hydrogen-bond acceptors (Lipinski definition) is 7. The summed E-state index contributed by atoms with van der Waals surface area (Å²) < 4.78 is 6.99. The molecule has 2 aromatic rings. The maximum absolute atomic E-state index is 11.8. The predicted molar refractivity (Wildman–Crippen MR) is 83.7 cm³/mol. The molecule has 9 heteroatoms. The van der Waals surface area contributed by atoms with Crippen molar-refractivity contribution in [1.82, 2.24) is 14.5 Å². The Morgan fingerprint density at radius 1 is 1.35 bits per heavy atom. The predicted octanol–water partition coefficient (Wildman–Crippen LogP) is -0.318. The molecule has 0 amide bonds. The van der Waals surface area contributed by atoms with E-state index in [0.29, 0.717) is 16.6 Å². The van der Waals surface area contributed by atoms with Gasteiger partial charge < -0.3 is 25.0 Å². The standard InChI is InChI=1S/C14H17N3O5S/c1-5-6(2)12(21)15-11-7(5)3-17(14(23)16-11)13-10(20)9(19)8(4-18)22-13/h3,8-10,13,18-20H,4H2,1-2H3,(H,15,16,21,23)/t8-,9?,10?,13-/m1/s1. The zero-order valence-electron chi connectivity index (χ0n) is 12.6. The van der Waals surface area contributed by atoms with Gasteiger partial charge in [-0.15, -0.1) is 0 Å². The van der Waals surface area contributed by atoms with Crippen molar-refractivity contribution in [1.29, 1.82) is 0 Å². The Balaban J connectivity index is 2.18. The van der Waals surface area contributed by atoms with Crippen molar-refractivity contribution in [2.75, 3.05) is 6.61 Å². The number of fused-ring (bicyclic) bond motifs is 1. The van der Waals surface area contributed by atoms with E-state index in [9.17, 15) is 20.1 Å². The minimum Gasteiger partial charge on any atom is -0.394 e. The zero-order chi connectivity index (χ0) is 16.9. The molecular weight excluding hydrogens is 322 g/mol. The first-order valence-electron chi connectivity index (χ1n) is 7.10. The Bertz CT molecular complexity index is 877. The van der Waals surface area contributed by atoms with E-state index in [1.807, 2.05) is 0 Å². The van der Waals surface area contributed by atoms with E-state index in [4.69, 9.17) is 17.0 Å². The number of nitrogens with one attached hydrogen (secondary N) is 1. The van der Waals surface area contributed by atoms with Gasteiger partial charge in [-0.25, -0.2) is 4.98 Å². The van der Waals surface area contributed by atoms with Crippen molar-refractivity contribution >= 4 is 23.3 Å². The summed E-state index contributed by atoms with van der Waals surface area (Å²) in [6, 6.07) is 0. The highest BCUT2D eigenvalue weighted by atomic mass is 32.1. The number of hydrogen-bond donors (Lipinski definition) is 4. The third-order valence-corrected chi connectivity index (χ3v) is 4.58. The second-order valence-corrected chi connectivity index (χ2v) is 5.99. The van der Waals surface area contributed by atoms with Gasteiger partial charge in [-0.2, -0.15) is 0 Å². The molecule has 3 rings (SSSR count).